The minimum Gasteiger partial charge on any atom is -0.454 e. The van der Waals surface area contributed by atoms with Gasteiger partial charge in [0.15, 0.2) is 11.5 Å². The van der Waals surface area contributed by atoms with Gasteiger partial charge in [-0.2, -0.15) is 10.1 Å². The third-order valence-corrected chi connectivity index (χ3v) is 5.40. The van der Waals surface area contributed by atoms with Crippen LogP contribution in [0.2, 0.25) is 0 Å². The lowest BCUT2D eigenvalue weighted by Gasteiger charge is -2.21. The zero-order valence-electron chi connectivity index (χ0n) is 16.9. The summed E-state index contributed by atoms with van der Waals surface area (Å²) in [5, 5.41) is 11.6. The van der Waals surface area contributed by atoms with E-state index in [4.69, 9.17) is 14.0 Å². The van der Waals surface area contributed by atoms with E-state index in [0.29, 0.717) is 33.1 Å². The van der Waals surface area contributed by atoms with E-state index in [1.54, 1.807) is 24.3 Å². The molecule has 12 heteroatoms. The van der Waals surface area contributed by atoms with Crippen LogP contribution in [0.15, 0.2) is 50.5 Å². The van der Waals surface area contributed by atoms with Gasteiger partial charge in [0, 0.05) is 22.9 Å². The monoisotopic (exact) mass is 515 g/mol. The molecule has 2 aliphatic rings. The fourth-order valence-electron chi connectivity index (χ4n) is 3.29. The largest absolute Gasteiger partial charge is 0.454 e. The average Bonchev–Trinajstić information content (AvgIpc) is 3.46. The first kappa shape index (κ1) is 21.1. The molecule has 0 atom stereocenters. The molecule has 0 aliphatic carbocycles. The zero-order valence-corrected chi connectivity index (χ0v) is 18.5. The number of hydrazone groups is 1. The first-order valence-electron chi connectivity index (χ1n) is 9.83. The summed E-state index contributed by atoms with van der Waals surface area (Å²) >= 11 is 3.15. The Balaban J connectivity index is 1.31. The van der Waals surface area contributed by atoms with Gasteiger partial charge in [0.05, 0.1) is 5.69 Å². The number of fused-ring (bicyclic) bond motifs is 1. The lowest BCUT2D eigenvalue weighted by Crippen LogP contribution is -2.38. The van der Waals surface area contributed by atoms with Crippen molar-refractivity contribution in [2.75, 3.05) is 18.7 Å². The molecule has 0 spiro atoms. The Kier molecular flexibility index (Phi) is 5.50. The number of nitrogens with one attached hydrogen (secondary N) is 1. The summed E-state index contributed by atoms with van der Waals surface area (Å²) in [5.41, 5.74) is 1.04. The van der Waals surface area contributed by atoms with Gasteiger partial charge in [-0.3, -0.25) is 9.59 Å². The van der Waals surface area contributed by atoms with Crippen molar-refractivity contribution in [3.8, 4) is 22.9 Å². The van der Waals surface area contributed by atoms with Crippen molar-refractivity contribution in [2.24, 2.45) is 5.10 Å². The highest BCUT2D eigenvalue weighted by atomic mass is 79.9. The molecular weight excluding hydrogens is 501 g/mol. The fraction of sp³-hybridized carbons (Fsp3) is 0.190. The smallest absolute Gasteiger partial charge is 0.274 e. The van der Waals surface area contributed by atoms with Crippen LogP contribution in [0.25, 0.3) is 11.4 Å². The summed E-state index contributed by atoms with van der Waals surface area (Å²) in [6.07, 6.45) is 0.390. The molecule has 1 aromatic heterocycles. The molecule has 0 radical (unpaired) electrons. The molecule has 0 fully saturated rings. The molecule has 5 rings (SSSR count). The lowest BCUT2D eigenvalue weighted by molar-refractivity contribution is -0.135. The van der Waals surface area contributed by atoms with Crippen LogP contribution in [0.1, 0.15) is 18.7 Å². The lowest BCUT2D eigenvalue weighted by atomic mass is 10.1. The number of rotatable bonds is 5. The molecule has 0 saturated heterocycles. The molecule has 2 aliphatic heterocycles. The second-order valence-corrected chi connectivity index (χ2v) is 8.08. The Morgan fingerprint density at radius 3 is 2.85 bits per heavy atom. The van der Waals surface area contributed by atoms with Crippen molar-refractivity contribution in [2.45, 2.75) is 12.8 Å². The van der Waals surface area contributed by atoms with Gasteiger partial charge in [-0.1, -0.05) is 21.1 Å². The van der Waals surface area contributed by atoms with Crippen molar-refractivity contribution in [3.63, 3.8) is 0 Å². The number of hydrogen-bond donors (Lipinski definition) is 1. The van der Waals surface area contributed by atoms with Crippen molar-refractivity contribution in [1.82, 2.24) is 15.1 Å². The Bertz CT molecular complexity index is 1290. The van der Waals surface area contributed by atoms with Crippen LogP contribution in [0.3, 0.4) is 0 Å². The number of amides is 2. The predicted octanol–water partition coefficient (Wildman–Crippen LogP) is 3.33. The van der Waals surface area contributed by atoms with Crippen molar-refractivity contribution in [3.05, 3.63) is 52.6 Å². The first-order chi connectivity index (χ1) is 16.0. The number of hydrogen-bond acceptors (Lipinski definition) is 8. The molecule has 0 saturated carbocycles. The standard InChI is InChI=1S/C21H15BrFN5O5/c22-12-2-3-14(13(23)8-12)24-18(29)9-28-19(30)6-4-15(26-28)21-25-20(27-33-21)11-1-5-16-17(7-11)32-10-31-16/h1-3,5,7-8H,4,6,9-10H2,(H,24,29). The molecular formula is C21H15BrFN5O5. The quantitative estimate of drug-likeness (QED) is 0.553. The molecule has 2 aromatic carbocycles. The zero-order chi connectivity index (χ0) is 22.9. The number of anilines is 1. The predicted molar refractivity (Wildman–Crippen MR) is 116 cm³/mol. The number of halogens is 2. The minimum atomic E-state index is -0.603. The summed E-state index contributed by atoms with van der Waals surface area (Å²) in [5.74, 6) is 0.126. The van der Waals surface area contributed by atoms with E-state index in [1.807, 2.05) is 0 Å². The number of ether oxygens (including phenoxy) is 2. The molecule has 10 nitrogen and oxygen atoms in total. The Hall–Kier alpha value is -3.80. The summed E-state index contributed by atoms with van der Waals surface area (Å²) in [6, 6.07) is 9.49. The van der Waals surface area contributed by atoms with Gasteiger partial charge >= 0.3 is 0 Å². The summed E-state index contributed by atoms with van der Waals surface area (Å²) in [7, 11) is 0. The summed E-state index contributed by atoms with van der Waals surface area (Å²) in [6.45, 7) is -0.236. The van der Waals surface area contributed by atoms with Gasteiger partial charge in [-0.25, -0.2) is 9.40 Å². The van der Waals surface area contributed by atoms with Gasteiger partial charge in [0.25, 0.3) is 5.89 Å². The van der Waals surface area contributed by atoms with Crippen molar-refractivity contribution < 1.29 is 28.0 Å². The van der Waals surface area contributed by atoms with Crippen LogP contribution in [-0.4, -0.2) is 46.0 Å². The first-order valence-corrected chi connectivity index (χ1v) is 10.6. The van der Waals surface area contributed by atoms with Crippen LogP contribution >= 0.6 is 15.9 Å². The third-order valence-electron chi connectivity index (χ3n) is 4.91. The number of benzene rings is 2. The Labute approximate surface area is 194 Å². The molecule has 1 N–H and O–H groups in total. The van der Waals surface area contributed by atoms with Crippen molar-refractivity contribution in [1.29, 1.82) is 0 Å². The van der Waals surface area contributed by atoms with Crippen LogP contribution in [-0.2, 0) is 9.59 Å². The SMILES string of the molecule is O=C(CN1N=C(c2nc(-c3ccc4c(c3)OCO4)no2)CCC1=O)Nc1ccc(Br)cc1F. The Morgan fingerprint density at radius 1 is 1.15 bits per heavy atom. The molecule has 3 aromatic rings. The van der Waals surface area contributed by atoms with Gasteiger partial charge in [-0.15, -0.1) is 0 Å². The normalized spacial score (nSPS) is 14.9. The van der Waals surface area contributed by atoms with Gasteiger partial charge < -0.3 is 19.3 Å². The fourth-order valence-corrected chi connectivity index (χ4v) is 3.62. The Morgan fingerprint density at radius 2 is 2.00 bits per heavy atom. The number of aromatic nitrogens is 2. The highest BCUT2D eigenvalue weighted by Gasteiger charge is 2.27. The second-order valence-electron chi connectivity index (χ2n) is 7.16. The second kappa shape index (κ2) is 8.62. The molecule has 33 heavy (non-hydrogen) atoms. The highest BCUT2D eigenvalue weighted by molar-refractivity contribution is 9.10. The highest BCUT2D eigenvalue weighted by Crippen LogP contribution is 2.35. The van der Waals surface area contributed by atoms with Crippen LogP contribution in [0.4, 0.5) is 10.1 Å². The number of nitrogens with zero attached hydrogens (tertiary/aromatic N) is 4. The van der Waals surface area contributed by atoms with Gasteiger partial charge in [-0.05, 0) is 36.4 Å². The molecule has 3 heterocycles. The van der Waals surface area contributed by atoms with E-state index in [2.05, 4.69) is 36.5 Å². The van der Waals surface area contributed by atoms with E-state index < -0.39 is 11.7 Å². The van der Waals surface area contributed by atoms with Crippen molar-refractivity contribution >= 4 is 39.1 Å². The van der Waals surface area contributed by atoms with Crippen LogP contribution in [0, 0.1) is 5.82 Å². The van der Waals surface area contributed by atoms with E-state index >= 15 is 0 Å². The maximum absolute atomic E-state index is 14.0. The van der Waals surface area contributed by atoms with E-state index in [0.717, 1.165) is 5.01 Å². The van der Waals surface area contributed by atoms with Gasteiger partial charge in [0.1, 0.15) is 18.1 Å². The summed E-state index contributed by atoms with van der Waals surface area (Å²) < 4.78 is 30.5. The topological polar surface area (TPSA) is 119 Å². The molecule has 2 amide bonds. The van der Waals surface area contributed by atoms with Crippen LogP contribution < -0.4 is 14.8 Å². The maximum Gasteiger partial charge on any atom is 0.274 e. The third kappa shape index (κ3) is 4.42. The maximum atomic E-state index is 14.0. The van der Waals surface area contributed by atoms with Crippen LogP contribution in [0.5, 0.6) is 11.5 Å². The van der Waals surface area contributed by atoms with E-state index in [9.17, 15) is 14.0 Å². The van der Waals surface area contributed by atoms with E-state index in [-0.39, 0.29) is 43.7 Å². The average molecular weight is 516 g/mol. The molecule has 0 unspecified atom stereocenters. The number of carbonyl (C=O) groups is 2. The van der Waals surface area contributed by atoms with E-state index in [1.165, 1.54) is 12.1 Å². The molecule has 0 bridgehead atoms. The van der Waals surface area contributed by atoms with Gasteiger partial charge in [0.2, 0.25) is 24.4 Å². The number of carbonyl (C=O) groups excluding carboxylic acids is 2. The summed E-state index contributed by atoms with van der Waals surface area (Å²) in [4.78, 5) is 29.0. The minimum absolute atomic E-state index is 0.00197. The molecule has 168 valence electrons.